The van der Waals surface area contributed by atoms with Crippen molar-refractivity contribution in [3.05, 3.63) is 12.5 Å². The first-order chi connectivity index (χ1) is 8.82. The number of aromatic nitrogens is 2. The van der Waals surface area contributed by atoms with Crippen molar-refractivity contribution in [3.8, 4) is 0 Å². The highest BCUT2D eigenvalue weighted by molar-refractivity contribution is 7.89. The molecular weight excluding hydrogens is 269 g/mol. The van der Waals surface area contributed by atoms with E-state index < -0.39 is 16.2 Å². The molecule has 2 atom stereocenters. The van der Waals surface area contributed by atoms with E-state index in [1.54, 1.807) is 11.6 Å². The van der Waals surface area contributed by atoms with Crippen LogP contribution in [0.25, 0.3) is 0 Å². The van der Waals surface area contributed by atoms with Gasteiger partial charge >= 0.3 is 0 Å². The molecule has 19 heavy (non-hydrogen) atoms. The van der Waals surface area contributed by atoms with Gasteiger partial charge in [-0.3, -0.25) is 0 Å². The van der Waals surface area contributed by atoms with Gasteiger partial charge in [-0.1, -0.05) is 13.8 Å². The molecular formula is C12H20FN3O2S. The zero-order valence-electron chi connectivity index (χ0n) is 11.5. The van der Waals surface area contributed by atoms with Crippen molar-refractivity contribution in [1.29, 1.82) is 0 Å². The highest BCUT2D eigenvalue weighted by Crippen LogP contribution is 2.29. The van der Waals surface area contributed by atoms with Crippen molar-refractivity contribution in [2.24, 2.45) is 18.9 Å². The van der Waals surface area contributed by atoms with E-state index in [1.807, 2.05) is 13.8 Å². The Hall–Kier alpha value is -0.950. The van der Waals surface area contributed by atoms with Crippen LogP contribution in [0.5, 0.6) is 0 Å². The first-order valence-electron chi connectivity index (χ1n) is 6.44. The summed E-state index contributed by atoms with van der Waals surface area (Å²) in [4.78, 5) is 3.85. The minimum absolute atomic E-state index is 0.00908. The zero-order valence-corrected chi connectivity index (χ0v) is 12.3. The molecule has 0 aliphatic carbocycles. The molecule has 108 valence electrons. The number of aryl methyl sites for hydroxylation is 1. The summed E-state index contributed by atoms with van der Waals surface area (Å²) in [5.41, 5.74) is 0. The number of alkyl halides is 1. The van der Waals surface area contributed by atoms with Crippen LogP contribution in [0, 0.1) is 11.8 Å². The van der Waals surface area contributed by atoms with Crippen LogP contribution < -0.4 is 0 Å². The maximum absolute atomic E-state index is 14.1. The van der Waals surface area contributed by atoms with Crippen LogP contribution in [0.15, 0.2) is 17.6 Å². The van der Waals surface area contributed by atoms with Gasteiger partial charge in [0.25, 0.3) is 10.0 Å². The second-order valence-electron chi connectivity index (χ2n) is 5.45. The Morgan fingerprint density at radius 1 is 1.47 bits per heavy atom. The van der Waals surface area contributed by atoms with E-state index in [2.05, 4.69) is 4.98 Å². The first kappa shape index (κ1) is 14.5. The maximum Gasteiger partial charge on any atom is 0.262 e. The topological polar surface area (TPSA) is 55.2 Å². The summed E-state index contributed by atoms with van der Waals surface area (Å²) in [5, 5.41) is -0.00908. The maximum atomic E-state index is 14.1. The number of nitrogens with zero attached hydrogens (tertiary/aromatic N) is 3. The third-order valence-electron chi connectivity index (χ3n) is 3.70. The second kappa shape index (κ2) is 5.20. The van der Waals surface area contributed by atoms with Crippen LogP contribution in [-0.4, -0.2) is 41.5 Å². The van der Waals surface area contributed by atoms with Crippen LogP contribution in [0.3, 0.4) is 0 Å². The van der Waals surface area contributed by atoms with Gasteiger partial charge in [0.2, 0.25) is 0 Å². The van der Waals surface area contributed by atoms with Gasteiger partial charge in [-0.15, -0.1) is 0 Å². The van der Waals surface area contributed by atoms with E-state index in [-0.39, 0.29) is 23.4 Å². The summed E-state index contributed by atoms with van der Waals surface area (Å²) < 4.78 is 41.5. The van der Waals surface area contributed by atoms with Crippen molar-refractivity contribution in [1.82, 2.24) is 13.9 Å². The van der Waals surface area contributed by atoms with E-state index in [0.29, 0.717) is 13.0 Å². The fourth-order valence-corrected chi connectivity index (χ4v) is 3.95. The number of piperidine rings is 1. The van der Waals surface area contributed by atoms with Crippen LogP contribution >= 0.6 is 0 Å². The van der Waals surface area contributed by atoms with Gasteiger partial charge in [0.1, 0.15) is 6.17 Å². The molecule has 0 spiro atoms. The van der Waals surface area contributed by atoms with Gasteiger partial charge < -0.3 is 4.57 Å². The summed E-state index contributed by atoms with van der Waals surface area (Å²) in [6.45, 7) is 4.24. The molecule has 0 aromatic carbocycles. The lowest BCUT2D eigenvalue weighted by molar-refractivity contribution is 0.101. The largest absolute Gasteiger partial charge is 0.339 e. The van der Waals surface area contributed by atoms with E-state index in [0.717, 1.165) is 0 Å². The number of hydrogen-bond donors (Lipinski definition) is 0. The third-order valence-corrected chi connectivity index (χ3v) is 5.45. The average molecular weight is 289 g/mol. The Labute approximate surface area is 113 Å². The molecule has 2 rings (SSSR count). The molecule has 0 amide bonds. The normalized spacial score (nSPS) is 25.9. The van der Waals surface area contributed by atoms with Crippen molar-refractivity contribution in [3.63, 3.8) is 0 Å². The Kier molecular flexibility index (Phi) is 3.96. The highest BCUT2D eigenvalue weighted by Gasteiger charge is 2.37. The number of imidazole rings is 1. The van der Waals surface area contributed by atoms with Crippen LogP contribution in [-0.2, 0) is 17.1 Å². The van der Waals surface area contributed by atoms with E-state index in [1.165, 1.54) is 16.8 Å². The average Bonchev–Trinajstić information content (AvgIpc) is 2.76. The summed E-state index contributed by atoms with van der Waals surface area (Å²) in [5.74, 6) is 0.171. The first-order valence-corrected chi connectivity index (χ1v) is 7.88. The number of hydrogen-bond acceptors (Lipinski definition) is 3. The summed E-state index contributed by atoms with van der Waals surface area (Å²) in [6, 6.07) is 0. The lowest BCUT2D eigenvalue weighted by Crippen LogP contribution is -2.46. The molecule has 0 unspecified atom stereocenters. The van der Waals surface area contributed by atoms with Gasteiger partial charge in [-0.2, -0.15) is 4.31 Å². The van der Waals surface area contributed by atoms with Crippen molar-refractivity contribution < 1.29 is 12.8 Å². The Balaban J connectivity index is 2.16. The van der Waals surface area contributed by atoms with E-state index >= 15 is 0 Å². The monoisotopic (exact) mass is 289 g/mol. The standard InChI is InChI=1S/C12H20FN3O2S/c1-9(2)10-4-5-16(6-11(10)13)19(17,18)12-7-15(3)8-14-12/h7-11H,4-6H2,1-3H3/t10-,11-/m1/s1. The van der Waals surface area contributed by atoms with Crippen LogP contribution in [0.2, 0.25) is 0 Å². The SMILES string of the molecule is CC(C)[C@H]1CCN(S(=O)(=O)c2cn(C)cn2)C[C@H]1F. The van der Waals surface area contributed by atoms with Crippen molar-refractivity contribution >= 4 is 10.0 Å². The van der Waals surface area contributed by atoms with E-state index in [4.69, 9.17) is 0 Å². The lowest BCUT2D eigenvalue weighted by atomic mass is 9.86. The molecule has 1 fully saturated rings. The lowest BCUT2D eigenvalue weighted by Gasteiger charge is -2.35. The molecule has 7 heteroatoms. The number of sulfonamides is 1. The molecule has 1 aliphatic heterocycles. The molecule has 0 N–H and O–H groups in total. The van der Waals surface area contributed by atoms with E-state index in [9.17, 15) is 12.8 Å². The third kappa shape index (κ3) is 2.81. The summed E-state index contributed by atoms with van der Waals surface area (Å²) >= 11 is 0. The Bertz CT molecular complexity index is 541. The smallest absolute Gasteiger partial charge is 0.262 e. The van der Waals surface area contributed by atoms with Crippen LogP contribution in [0.4, 0.5) is 4.39 Å². The minimum Gasteiger partial charge on any atom is -0.339 e. The molecule has 2 heterocycles. The number of halogens is 1. The fraction of sp³-hybridized carbons (Fsp3) is 0.750. The minimum atomic E-state index is -3.66. The van der Waals surface area contributed by atoms with Gasteiger partial charge in [-0.05, 0) is 18.3 Å². The molecule has 1 aliphatic rings. The molecule has 0 bridgehead atoms. The number of rotatable bonds is 3. The predicted octanol–water partition coefficient (Wildman–Crippen LogP) is 1.42. The Morgan fingerprint density at radius 3 is 2.63 bits per heavy atom. The molecule has 1 saturated heterocycles. The van der Waals surface area contributed by atoms with Crippen molar-refractivity contribution in [2.45, 2.75) is 31.5 Å². The molecule has 0 saturated carbocycles. The summed E-state index contributed by atoms with van der Waals surface area (Å²) in [7, 11) is -1.96. The van der Waals surface area contributed by atoms with Gasteiger partial charge in [0, 0.05) is 26.3 Å². The quantitative estimate of drug-likeness (QED) is 0.845. The zero-order chi connectivity index (χ0) is 14.2. The van der Waals surface area contributed by atoms with Gasteiger partial charge in [0.05, 0.1) is 6.33 Å². The van der Waals surface area contributed by atoms with Gasteiger partial charge in [-0.25, -0.2) is 17.8 Å². The van der Waals surface area contributed by atoms with Crippen LogP contribution in [0.1, 0.15) is 20.3 Å². The molecule has 5 nitrogen and oxygen atoms in total. The molecule has 0 radical (unpaired) electrons. The fourth-order valence-electron chi connectivity index (χ4n) is 2.52. The Morgan fingerprint density at radius 2 is 2.16 bits per heavy atom. The summed E-state index contributed by atoms with van der Waals surface area (Å²) in [6.07, 6.45) is 2.33. The second-order valence-corrected chi connectivity index (χ2v) is 7.34. The van der Waals surface area contributed by atoms with Gasteiger partial charge in [0.15, 0.2) is 5.03 Å². The van der Waals surface area contributed by atoms with Crippen molar-refractivity contribution in [2.75, 3.05) is 13.1 Å². The molecule has 1 aromatic rings. The predicted molar refractivity (Wildman–Crippen MR) is 69.8 cm³/mol. The highest BCUT2D eigenvalue weighted by atomic mass is 32.2. The molecule has 1 aromatic heterocycles.